The van der Waals surface area contributed by atoms with Gasteiger partial charge in [-0.05, 0) is 18.4 Å². The van der Waals surface area contributed by atoms with Gasteiger partial charge in [0.2, 0.25) is 5.72 Å². The van der Waals surface area contributed by atoms with Crippen LogP contribution in [-0.2, 0) is 9.63 Å². The van der Waals surface area contributed by atoms with Crippen molar-refractivity contribution in [2.45, 2.75) is 50.0 Å². The second-order valence-electron chi connectivity index (χ2n) is 6.67. The first-order valence-corrected chi connectivity index (χ1v) is 8.21. The van der Waals surface area contributed by atoms with E-state index in [9.17, 15) is 9.90 Å². The second-order valence-corrected chi connectivity index (χ2v) is 6.67. The first-order chi connectivity index (χ1) is 10.7. The predicted molar refractivity (Wildman–Crippen MR) is 80.4 cm³/mol. The van der Waals surface area contributed by atoms with E-state index in [2.05, 4.69) is 5.48 Å². The SMILES string of the molecule is O=C1N(C2CCCCC2)C[C@@H]2[C@@H](c3ccccc3)ON[C@@]12O. The van der Waals surface area contributed by atoms with Crippen molar-refractivity contribution in [3.63, 3.8) is 0 Å². The quantitative estimate of drug-likeness (QED) is 0.873. The van der Waals surface area contributed by atoms with Gasteiger partial charge < -0.3 is 10.0 Å². The highest BCUT2D eigenvalue weighted by molar-refractivity contribution is 5.88. The lowest BCUT2D eigenvalue weighted by Crippen LogP contribution is -2.52. The van der Waals surface area contributed by atoms with E-state index in [0.717, 1.165) is 18.4 Å². The van der Waals surface area contributed by atoms with E-state index in [1.807, 2.05) is 35.2 Å². The molecular formula is C17H22N2O3. The van der Waals surface area contributed by atoms with Gasteiger partial charge in [0, 0.05) is 12.6 Å². The van der Waals surface area contributed by atoms with Crippen molar-refractivity contribution in [1.82, 2.24) is 10.4 Å². The third kappa shape index (κ3) is 2.07. The van der Waals surface area contributed by atoms with Gasteiger partial charge in [-0.2, -0.15) is 5.48 Å². The fourth-order valence-electron chi connectivity index (χ4n) is 4.12. The number of likely N-dealkylation sites (tertiary alicyclic amines) is 1. The van der Waals surface area contributed by atoms with E-state index in [0.29, 0.717) is 6.54 Å². The molecule has 5 nitrogen and oxygen atoms in total. The average Bonchev–Trinajstić information content (AvgIpc) is 3.03. The molecule has 0 radical (unpaired) electrons. The van der Waals surface area contributed by atoms with E-state index in [1.165, 1.54) is 19.3 Å². The summed E-state index contributed by atoms with van der Waals surface area (Å²) in [4.78, 5) is 20.2. The van der Waals surface area contributed by atoms with Crippen LogP contribution in [0.25, 0.3) is 0 Å². The van der Waals surface area contributed by atoms with Gasteiger partial charge in [0.1, 0.15) is 6.10 Å². The van der Waals surface area contributed by atoms with Gasteiger partial charge in [-0.1, -0.05) is 49.6 Å². The molecule has 1 aromatic rings. The Hall–Kier alpha value is -1.43. The van der Waals surface area contributed by atoms with Crippen LogP contribution in [0.4, 0.5) is 0 Å². The van der Waals surface area contributed by atoms with Crippen molar-refractivity contribution in [3.05, 3.63) is 35.9 Å². The van der Waals surface area contributed by atoms with Crippen LogP contribution in [0.1, 0.15) is 43.8 Å². The number of benzene rings is 1. The van der Waals surface area contributed by atoms with Crippen LogP contribution < -0.4 is 5.48 Å². The van der Waals surface area contributed by atoms with Crippen molar-refractivity contribution in [1.29, 1.82) is 0 Å². The molecule has 2 N–H and O–H groups in total. The van der Waals surface area contributed by atoms with Crippen LogP contribution in [0, 0.1) is 5.92 Å². The van der Waals surface area contributed by atoms with E-state index >= 15 is 0 Å². The van der Waals surface area contributed by atoms with Crippen molar-refractivity contribution in [2.24, 2.45) is 5.92 Å². The summed E-state index contributed by atoms with van der Waals surface area (Å²) >= 11 is 0. The molecule has 1 aromatic carbocycles. The van der Waals surface area contributed by atoms with Gasteiger partial charge in [0.25, 0.3) is 5.91 Å². The van der Waals surface area contributed by atoms with Gasteiger partial charge in [0.05, 0.1) is 5.92 Å². The summed E-state index contributed by atoms with van der Waals surface area (Å²) in [5.41, 5.74) is 2.05. The molecule has 0 spiro atoms. The van der Waals surface area contributed by atoms with E-state index in [4.69, 9.17) is 4.84 Å². The average molecular weight is 302 g/mol. The zero-order valence-corrected chi connectivity index (χ0v) is 12.6. The van der Waals surface area contributed by atoms with Crippen LogP contribution in [0.3, 0.4) is 0 Å². The third-order valence-corrected chi connectivity index (χ3v) is 5.37. The van der Waals surface area contributed by atoms with Crippen molar-refractivity contribution in [3.8, 4) is 0 Å². The lowest BCUT2D eigenvalue weighted by atomic mass is 9.90. The molecule has 118 valence electrons. The predicted octanol–water partition coefficient (Wildman–Crippen LogP) is 1.74. The molecule has 1 aliphatic carbocycles. The minimum atomic E-state index is -1.57. The number of hydroxylamine groups is 1. The fraction of sp³-hybridized carbons (Fsp3) is 0.588. The van der Waals surface area contributed by atoms with Crippen LogP contribution in [0.2, 0.25) is 0 Å². The molecule has 1 amide bonds. The number of rotatable bonds is 2. The highest BCUT2D eigenvalue weighted by atomic mass is 16.7. The zero-order chi connectivity index (χ0) is 15.2. The Morgan fingerprint density at radius 3 is 2.64 bits per heavy atom. The normalized spacial score (nSPS) is 35.9. The minimum absolute atomic E-state index is 0.220. The van der Waals surface area contributed by atoms with E-state index in [-0.39, 0.29) is 24.0 Å². The van der Waals surface area contributed by atoms with E-state index in [1.54, 1.807) is 0 Å². The number of hydrogen-bond acceptors (Lipinski definition) is 4. The summed E-state index contributed by atoms with van der Waals surface area (Å²) in [6, 6.07) is 10.1. The molecule has 0 bridgehead atoms. The summed E-state index contributed by atoms with van der Waals surface area (Å²) < 4.78 is 0. The van der Waals surface area contributed by atoms with Crippen molar-refractivity contribution >= 4 is 5.91 Å². The van der Waals surface area contributed by atoms with Crippen LogP contribution >= 0.6 is 0 Å². The summed E-state index contributed by atoms with van der Waals surface area (Å²) in [6.07, 6.45) is 5.40. The Morgan fingerprint density at radius 2 is 1.91 bits per heavy atom. The Morgan fingerprint density at radius 1 is 1.18 bits per heavy atom. The van der Waals surface area contributed by atoms with E-state index < -0.39 is 5.72 Å². The van der Waals surface area contributed by atoms with Crippen molar-refractivity contribution in [2.75, 3.05) is 6.54 Å². The highest BCUT2D eigenvalue weighted by Crippen LogP contribution is 2.45. The number of amides is 1. The van der Waals surface area contributed by atoms with Crippen LogP contribution in [0.15, 0.2) is 30.3 Å². The number of carbonyl (C=O) groups is 1. The smallest absolute Gasteiger partial charge is 0.272 e. The molecule has 4 rings (SSSR count). The molecule has 1 saturated carbocycles. The number of fused-ring (bicyclic) bond motifs is 1. The van der Waals surface area contributed by atoms with Gasteiger partial charge >= 0.3 is 0 Å². The molecule has 2 heterocycles. The third-order valence-electron chi connectivity index (χ3n) is 5.37. The minimum Gasteiger partial charge on any atom is -0.366 e. The zero-order valence-electron chi connectivity index (χ0n) is 12.6. The first-order valence-electron chi connectivity index (χ1n) is 8.21. The maximum absolute atomic E-state index is 12.7. The molecule has 22 heavy (non-hydrogen) atoms. The van der Waals surface area contributed by atoms with Gasteiger partial charge in [-0.15, -0.1) is 0 Å². The van der Waals surface area contributed by atoms with Crippen molar-refractivity contribution < 1.29 is 14.7 Å². The Labute approximate surface area is 130 Å². The molecular weight excluding hydrogens is 280 g/mol. The number of nitrogens with one attached hydrogen (secondary N) is 1. The molecule has 3 fully saturated rings. The standard InChI is InChI=1S/C17H22N2O3/c20-16-17(21)14(11-19(16)13-9-5-2-6-10-13)15(22-18-17)12-7-3-1-4-8-12/h1,3-4,7-8,13-15,18,21H,2,5-6,9-11H2/t14-,15-,17+/m1/s1. The second kappa shape index (κ2) is 5.33. The molecule has 0 unspecified atom stereocenters. The maximum atomic E-state index is 12.7. The summed E-state index contributed by atoms with van der Waals surface area (Å²) in [6.45, 7) is 0.562. The summed E-state index contributed by atoms with van der Waals surface area (Å²) in [5.74, 6) is -0.479. The molecule has 3 aliphatic rings. The summed E-state index contributed by atoms with van der Waals surface area (Å²) in [7, 11) is 0. The maximum Gasteiger partial charge on any atom is 0.272 e. The van der Waals surface area contributed by atoms with Gasteiger partial charge in [0.15, 0.2) is 0 Å². The lowest BCUT2D eigenvalue weighted by molar-refractivity contribution is -0.156. The number of hydrogen-bond donors (Lipinski definition) is 2. The molecule has 3 atom stereocenters. The van der Waals surface area contributed by atoms with Gasteiger partial charge in [-0.25, -0.2) is 0 Å². The summed E-state index contributed by atoms with van der Waals surface area (Å²) in [5, 5.41) is 10.8. The molecule has 2 saturated heterocycles. The molecule has 5 heteroatoms. The topological polar surface area (TPSA) is 61.8 Å². The monoisotopic (exact) mass is 302 g/mol. The number of aliphatic hydroxyl groups is 1. The Bertz CT molecular complexity index is 558. The fourth-order valence-corrected chi connectivity index (χ4v) is 4.12. The number of carbonyl (C=O) groups excluding carboxylic acids is 1. The first kappa shape index (κ1) is 14.2. The molecule has 0 aromatic heterocycles. The largest absolute Gasteiger partial charge is 0.366 e. The number of nitrogens with zero attached hydrogens (tertiary/aromatic N) is 1. The highest BCUT2D eigenvalue weighted by Gasteiger charge is 2.62. The molecule has 2 aliphatic heterocycles. The Kier molecular flexibility index (Phi) is 3.44. The lowest BCUT2D eigenvalue weighted by Gasteiger charge is -2.32. The van der Waals surface area contributed by atoms with Crippen LogP contribution in [-0.4, -0.2) is 34.2 Å². The van der Waals surface area contributed by atoms with Crippen LogP contribution in [0.5, 0.6) is 0 Å². The Balaban J connectivity index is 1.59. The van der Waals surface area contributed by atoms with Gasteiger partial charge in [-0.3, -0.25) is 9.63 Å².